The molecule has 0 aromatic heterocycles. The highest BCUT2D eigenvalue weighted by molar-refractivity contribution is 5.79. The molecule has 3 N–H and O–H groups in total. The Labute approximate surface area is 179 Å². The summed E-state index contributed by atoms with van der Waals surface area (Å²) in [5, 5.41) is 10.6. The van der Waals surface area contributed by atoms with Crippen LogP contribution in [0.15, 0.2) is 66.7 Å². The summed E-state index contributed by atoms with van der Waals surface area (Å²) in [7, 11) is 0. The second-order valence-electron chi connectivity index (χ2n) is 8.91. The average molecular weight is 399 g/mol. The Morgan fingerprint density at radius 2 is 1.63 bits per heavy atom. The number of nitrogens with zero attached hydrogens (tertiary/aromatic N) is 1. The molecule has 3 aromatic carbocycles. The molecule has 0 spiro atoms. The van der Waals surface area contributed by atoms with E-state index in [9.17, 15) is 0 Å². The molecule has 1 fully saturated rings. The maximum Gasteiger partial charge on any atom is 0.0446 e. The van der Waals surface area contributed by atoms with Crippen molar-refractivity contribution in [2.45, 2.75) is 25.8 Å². The molecule has 4 heteroatoms. The fourth-order valence-corrected chi connectivity index (χ4v) is 4.69. The second-order valence-corrected chi connectivity index (χ2v) is 8.91. The van der Waals surface area contributed by atoms with Crippen LogP contribution in [0.1, 0.15) is 30.5 Å². The molecular weight excluding hydrogens is 368 g/mol. The topological polar surface area (TPSA) is 39.3 Å². The first-order valence-corrected chi connectivity index (χ1v) is 10.9. The van der Waals surface area contributed by atoms with Crippen molar-refractivity contribution in [2.75, 3.05) is 36.8 Å². The molecule has 0 aliphatic carbocycles. The first-order valence-electron chi connectivity index (χ1n) is 10.9. The van der Waals surface area contributed by atoms with E-state index in [2.05, 4.69) is 95.4 Å². The van der Waals surface area contributed by atoms with Gasteiger partial charge in [0.1, 0.15) is 0 Å². The number of para-hydroxylation sites is 1. The molecular formula is C26H30N4. The number of hydrogen-bond acceptors (Lipinski definition) is 4. The van der Waals surface area contributed by atoms with E-state index < -0.39 is 0 Å². The Morgan fingerprint density at radius 1 is 0.833 bits per heavy atom. The van der Waals surface area contributed by atoms with Crippen molar-refractivity contribution >= 4 is 22.7 Å². The van der Waals surface area contributed by atoms with Gasteiger partial charge >= 0.3 is 0 Å². The lowest BCUT2D eigenvalue weighted by atomic mass is 9.74. The lowest BCUT2D eigenvalue weighted by Crippen LogP contribution is -2.42. The predicted molar refractivity (Wildman–Crippen MR) is 126 cm³/mol. The van der Waals surface area contributed by atoms with E-state index >= 15 is 0 Å². The summed E-state index contributed by atoms with van der Waals surface area (Å²) in [6.07, 6.45) is 0. The van der Waals surface area contributed by atoms with E-state index in [-0.39, 0.29) is 5.41 Å². The van der Waals surface area contributed by atoms with Crippen LogP contribution in [-0.2, 0) is 12.0 Å². The van der Waals surface area contributed by atoms with E-state index in [1.54, 1.807) is 0 Å². The van der Waals surface area contributed by atoms with Crippen molar-refractivity contribution in [2.24, 2.45) is 0 Å². The SMILES string of the molecule is CC1(C)c2ccc(Nc3ccccc3)cc2Nc2ccc(CN3CCNCC3)cc21. The van der Waals surface area contributed by atoms with E-state index in [1.807, 2.05) is 6.07 Å². The molecule has 0 unspecified atom stereocenters. The first-order chi connectivity index (χ1) is 14.6. The van der Waals surface area contributed by atoms with Gasteiger partial charge in [-0.2, -0.15) is 0 Å². The molecule has 0 amide bonds. The third-order valence-corrected chi connectivity index (χ3v) is 6.40. The standard InChI is InChI=1S/C26H30N4/c1-26(2)22-10-9-21(28-20-6-4-3-5-7-20)17-25(22)29-24-11-8-19(16-23(24)26)18-30-14-12-27-13-15-30/h3-11,16-17,27-29H,12-15,18H2,1-2H3. The van der Waals surface area contributed by atoms with Crippen LogP contribution in [-0.4, -0.2) is 31.1 Å². The van der Waals surface area contributed by atoms with E-state index in [1.165, 1.54) is 28.1 Å². The molecule has 0 bridgehead atoms. The molecule has 4 nitrogen and oxygen atoms in total. The fraction of sp³-hybridized carbons (Fsp3) is 0.308. The minimum atomic E-state index is -0.0410. The van der Waals surface area contributed by atoms with Gasteiger partial charge in [-0.1, -0.05) is 50.2 Å². The van der Waals surface area contributed by atoms with Crippen LogP contribution in [0.4, 0.5) is 22.7 Å². The Bertz CT molecular complexity index is 1040. The van der Waals surface area contributed by atoms with Gasteiger partial charge in [-0.15, -0.1) is 0 Å². The molecule has 3 aromatic rings. The average Bonchev–Trinajstić information content (AvgIpc) is 2.76. The zero-order valence-corrected chi connectivity index (χ0v) is 17.8. The lowest BCUT2D eigenvalue weighted by Gasteiger charge is -2.36. The monoisotopic (exact) mass is 398 g/mol. The minimum absolute atomic E-state index is 0.0410. The van der Waals surface area contributed by atoms with Crippen LogP contribution < -0.4 is 16.0 Å². The lowest BCUT2D eigenvalue weighted by molar-refractivity contribution is 0.233. The molecule has 0 atom stereocenters. The van der Waals surface area contributed by atoms with Crippen LogP contribution in [0.2, 0.25) is 0 Å². The summed E-state index contributed by atoms with van der Waals surface area (Å²) in [5.41, 5.74) is 8.68. The zero-order chi connectivity index (χ0) is 20.6. The number of fused-ring (bicyclic) bond motifs is 2. The van der Waals surface area contributed by atoms with Crippen LogP contribution in [0.25, 0.3) is 0 Å². The number of piperazine rings is 1. The van der Waals surface area contributed by atoms with Gasteiger partial charge in [0.05, 0.1) is 0 Å². The minimum Gasteiger partial charge on any atom is -0.355 e. The summed E-state index contributed by atoms with van der Waals surface area (Å²) >= 11 is 0. The Hall–Kier alpha value is -2.82. The Balaban J connectivity index is 1.42. The van der Waals surface area contributed by atoms with Crippen molar-refractivity contribution in [3.05, 3.63) is 83.4 Å². The van der Waals surface area contributed by atoms with Gasteiger partial charge in [0.2, 0.25) is 0 Å². The number of rotatable bonds is 4. The van der Waals surface area contributed by atoms with E-state index in [0.717, 1.165) is 44.1 Å². The number of hydrogen-bond donors (Lipinski definition) is 3. The van der Waals surface area contributed by atoms with Crippen LogP contribution >= 0.6 is 0 Å². The Kier molecular flexibility index (Phi) is 4.97. The van der Waals surface area contributed by atoms with E-state index in [0.29, 0.717) is 0 Å². The summed E-state index contributed by atoms with van der Waals surface area (Å²) in [6, 6.07) is 23.9. The third kappa shape index (κ3) is 3.69. The smallest absolute Gasteiger partial charge is 0.0446 e. The Morgan fingerprint density at radius 3 is 2.43 bits per heavy atom. The number of anilines is 4. The predicted octanol–water partition coefficient (Wildman–Crippen LogP) is 5.22. The highest BCUT2D eigenvalue weighted by Gasteiger charge is 2.33. The van der Waals surface area contributed by atoms with Crippen LogP contribution in [0, 0.1) is 0 Å². The zero-order valence-electron chi connectivity index (χ0n) is 17.8. The number of benzene rings is 3. The van der Waals surface area contributed by atoms with Gasteiger partial charge in [-0.3, -0.25) is 4.90 Å². The number of nitrogens with one attached hydrogen (secondary N) is 3. The van der Waals surface area contributed by atoms with Crippen molar-refractivity contribution in [3.8, 4) is 0 Å². The first kappa shape index (κ1) is 19.2. The summed E-state index contributed by atoms with van der Waals surface area (Å²) in [5.74, 6) is 0. The van der Waals surface area contributed by atoms with Crippen molar-refractivity contribution in [1.82, 2.24) is 10.2 Å². The quantitative estimate of drug-likeness (QED) is 0.564. The van der Waals surface area contributed by atoms with Crippen LogP contribution in [0.5, 0.6) is 0 Å². The normalized spacial score (nSPS) is 17.5. The highest BCUT2D eigenvalue weighted by Crippen LogP contribution is 2.46. The van der Waals surface area contributed by atoms with Gasteiger partial charge in [0.25, 0.3) is 0 Å². The van der Waals surface area contributed by atoms with Gasteiger partial charge in [-0.25, -0.2) is 0 Å². The van der Waals surface area contributed by atoms with Crippen LogP contribution in [0.3, 0.4) is 0 Å². The maximum absolute atomic E-state index is 3.69. The summed E-state index contributed by atoms with van der Waals surface area (Å²) in [6.45, 7) is 10.1. The molecule has 0 radical (unpaired) electrons. The summed E-state index contributed by atoms with van der Waals surface area (Å²) < 4.78 is 0. The second kappa shape index (κ2) is 7.78. The molecule has 30 heavy (non-hydrogen) atoms. The van der Waals surface area contributed by atoms with E-state index in [4.69, 9.17) is 0 Å². The molecule has 2 aliphatic rings. The van der Waals surface area contributed by atoms with Gasteiger partial charge < -0.3 is 16.0 Å². The molecule has 1 saturated heterocycles. The molecule has 5 rings (SSSR count). The molecule has 0 saturated carbocycles. The summed E-state index contributed by atoms with van der Waals surface area (Å²) in [4.78, 5) is 2.54. The molecule has 2 aliphatic heterocycles. The van der Waals surface area contributed by atoms with Gasteiger partial charge in [0, 0.05) is 60.9 Å². The molecule has 154 valence electrons. The van der Waals surface area contributed by atoms with Crippen molar-refractivity contribution in [3.63, 3.8) is 0 Å². The van der Waals surface area contributed by atoms with Crippen molar-refractivity contribution < 1.29 is 0 Å². The van der Waals surface area contributed by atoms with Gasteiger partial charge in [-0.05, 0) is 47.0 Å². The fourth-order valence-electron chi connectivity index (χ4n) is 4.69. The maximum atomic E-state index is 3.69. The van der Waals surface area contributed by atoms with Crippen molar-refractivity contribution in [1.29, 1.82) is 0 Å². The third-order valence-electron chi connectivity index (χ3n) is 6.40. The highest BCUT2D eigenvalue weighted by atomic mass is 15.2. The largest absolute Gasteiger partial charge is 0.355 e. The molecule has 2 heterocycles. The van der Waals surface area contributed by atoms with Gasteiger partial charge in [0.15, 0.2) is 0 Å².